The molecule has 2 radical (unpaired) electrons. The Balaban J connectivity index is 1.61. The fraction of sp³-hybridized carbons (Fsp3) is 0.957. The largest absolute Gasteiger partial charge is 0.390 e. The molecule has 4 aliphatic carbocycles. The lowest BCUT2D eigenvalue weighted by atomic mass is 9.41. The second-order valence-corrected chi connectivity index (χ2v) is 11.1. The maximum Gasteiger partial charge on any atom is 0.128 e. The standard InChI is InChI=1S/C23H37BO2/c1-21(26)11-12-22(2)15(13-21)7-8-16-17-5-4-6-19(20(25)14-24)23(17,3)10-9-18(16)22/h15-19,26H,4-14H2,1-3H3/t15-,16-,17-,18-,19+,21+,22-,23-/m0/s1. The third-order valence-electron chi connectivity index (χ3n) is 9.79. The lowest BCUT2D eigenvalue weighted by Crippen LogP contribution is -2.58. The first-order valence-electron chi connectivity index (χ1n) is 11.2. The van der Waals surface area contributed by atoms with E-state index in [4.69, 9.17) is 7.85 Å². The summed E-state index contributed by atoms with van der Waals surface area (Å²) < 4.78 is 0. The SMILES string of the molecule is [B]CC(=O)[C@H]1CCC[C@H]2[C@@H]3CC[C@H]4C[C@](C)(O)CC[C@]4(C)[C@H]3CC[C@]12C. The predicted molar refractivity (Wildman–Crippen MR) is 106 cm³/mol. The van der Waals surface area contributed by atoms with Gasteiger partial charge >= 0.3 is 0 Å². The number of hydrogen-bond donors (Lipinski definition) is 1. The van der Waals surface area contributed by atoms with Gasteiger partial charge in [-0.2, -0.15) is 0 Å². The van der Waals surface area contributed by atoms with E-state index in [0.717, 1.165) is 31.1 Å². The smallest absolute Gasteiger partial charge is 0.128 e. The Kier molecular flexibility index (Phi) is 4.65. The molecule has 144 valence electrons. The van der Waals surface area contributed by atoms with Crippen LogP contribution in [0.4, 0.5) is 0 Å². The number of carbonyl (C=O) groups excluding carboxylic acids is 1. The Bertz CT molecular complexity index is 573. The fourth-order valence-corrected chi connectivity index (χ4v) is 8.30. The van der Waals surface area contributed by atoms with Gasteiger partial charge < -0.3 is 9.90 Å². The van der Waals surface area contributed by atoms with E-state index in [0.29, 0.717) is 23.0 Å². The second-order valence-electron chi connectivity index (χ2n) is 11.1. The number of Topliss-reactive ketones (excluding diaryl/α,β-unsaturated/α-hetero) is 1. The molecule has 26 heavy (non-hydrogen) atoms. The molecule has 4 saturated carbocycles. The number of ketones is 1. The zero-order valence-corrected chi connectivity index (χ0v) is 17.1. The minimum absolute atomic E-state index is 0.180. The molecule has 0 aromatic heterocycles. The van der Waals surface area contributed by atoms with Crippen molar-refractivity contribution in [3.05, 3.63) is 0 Å². The molecule has 0 unspecified atom stereocenters. The average molecular weight is 356 g/mol. The second kappa shape index (κ2) is 6.36. The van der Waals surface area contributed by atoms with Gasteiger partial charge in [-0.1, -0.05) is 20.3 Å². The first-order valence-corrected chi connectivity index (χ1v) is 11.2. The van der Waals surface area contributed by atoms with Gasteiger partial charge in [0.05, 0.1) is 13.4 Å². The quantitative estimate of drug-likeness (QED) is 0.712. The van der Waals surface area contributed by atoms with Gasteiger partial charge in [-0.3, -0.25) is 0 Å². The lowest BCUT2D eigenvalue weighted by Gasteiger charge is -2.64. The van der Waals surface area contributed by atoms with Gasteiger partial charge in [0.25, 0.3) is 0 Å². The third-order valence-corrected chi connectivity index (χ3v) is 9.79. The van der Waals surface area contributed by atoms with Crippen LogP contribution >= 0.6 is 0 Å². The Morgan fingerprint density at radius 2 is 1.69 bits per heavy atom. The molecule has 0 bridgehead atoms. The molecule has 0 saturated heterocycles. The zero-order chi connectivity index (χ0) is 18.7. The van der Waals surface area contributed by atoms with E-state index in [-0.39, 0.29) is 17.7 Å². The number of rotatable bonds is 2. The summed E-state index contributed by atoms with van der Waals surface area (Å²) in [6.07, 6.45) is 12.0. The highest BCUT2D eigenvalue weighted by atomic mass is 16.3. The van der Waals surface area contributed by atoms with E-state index >= 15 is 0 Å². The molecule has 4 fully saturated rings. The van der Waals surface area contributed by atoms with Crippen molar-refractivity contribution in [2.75, 3.05) is 0 Å². The van der Waals surface area contributed by atoms with Gasteiger partial charge in [-0.25, -0.2) is 0 Å². The number of fused-ring (bicyclic) bond motifs is 5. The van der Waals surface area contributed by atoms with Gasteiger partial charge in [0.15, 0.2) is 0 Å². The van der Waals surface area contributed by atoms with Crippen LogP contribution in [-0.2, 0) is 4.79 Å². The molecule has 0 aromatic carbocycles. The first kappa shape index (κ1) is 19.0. The van der Waals surface area contributed by atoms with Crippen LogP contribution in [0.1, 0.15) is 85.0 Å². The Morgan fingerprint density at radius 3 is 2.42 bits per heavy atom. The Morgan fingerprint density at radius 1 is 0.962 bits per heavy atom. The monoisotopic (exact) mass is 356 g/mol. The van der Waals surface area contributed by atoms with Crippen LogP contribution in [0.25, 0.3) is 0 Å². The van der Waals surface area contributed by atoms with Crippen LogP contribution in [0, 0.1) is 40.4 Å². The van der Waals surface area contributed by atoms with E-state index in [9.17, 15) is 9.90 Å². The zero-order valence-electron chi connectivity index (χ0n) is 17.1. The van der Waals surface area contributed by atoms with Crippen molar-refractivity contribution in [3.8, 4) is 0 Å². The van der Waals surface area contributed by atoms with Gasteiger partial charge in [-0.05, 0) is 106 Å². The van der Waals surface area contributed by atoms with Crippen molar-refractivity contribution >= 4 is 13.6 Å². The summed E-state index contributed by atoms with van der Waals surface area (Å²) in [5, 5.41) is 10.6. The van der Waals surface area contributed by atoms with Gasteiger partial charge in [0, 0.05) is 5.92 Å². The third kappa shape index (κ3) is 2.74. The van der Waals surface area contributed by atoms with Crippen molar-refractivity contribution in [3.63, 3.8) is 0 Å². The minimum atomic E-state index is -0.455. The van der Waals surface area contributed by atoms with Crippen LogP contribution in [-0.4, -0.2) is 24.3 Å². The van der Waals surface area contributed by atoms with Crippen LogP contribution in [0.2, 0.25) is 6.32 Å². The van der Waals surface area contributed by atoms with E-state index in [1.807, 2.05) is 6.92 Å². The Hall–Kier alpha value is -0.305. The van der Waals surface area contributed by atoms with Crippen LogP contribution in [0.5, 0.6) is 0 Å². The molecule has 2 nitrogen and oxygen atoms in total. The molecular weight excluding hydrogens is 319 g/mol. The van der Waals surface area contributed by atoms with Crippen LogP contribution < -0.4 is 0 Å². The minimum Gasteiger partial charge on any atom is -0.390 e. The normalized spacial score (nSPS) is 53.9. The summed E-state index contributed by atoms with van der Waals surface area (Å²) in [5.41, 5.74) is 0.125. The van der Waals surface area contributed by atoms with Gasteiger partial charge in [0.2, 0.25) is 0 Å². The highest BCUT2D eigenvalue weighted by Crippen LogP contribution is 2.67. The van der Waals surface area contributed by atoms with Crippen molar-refractivity contribution < 1.29 is 9.90 Å². The summed E-state index contributed by atoms with van der Waals surface area (Å²) in [7, 11) is 5.78. The molecule has 0 aromatic rings. The highest BCUT2D eigenvalue weighted by molar-refractivity contribution is 6.20. The topological polar surface area (TPSA) is 37.3 Å². The lowest BCUT2D eigenvalue weighted by molar-refractivity contribution is -0.168. The molecule has 1 N–H and O–H groups in total. The van der Waals surface area contributed by atoms with Gasteiger partial charge in [-0.15, -0.1) is 0 Å². The summed E-state index contributed by atoms with van der Waals surface area (Å²) in [6.45, 7) is 7.00. The molecule has 4 aliphatic rings. The van der Waals surface area contributed by atoms with Crippen molar-refractivity contribution in [1.82, 2.24) is 0 Å². The predicted octanol–water partition coefficient (Wildman–Crippen LogP) is 4.94. The maximum atomic E-state index is 12.6. The molecule has 0 spiro atoms. The highest BCUT2D eigenvalue weighted by Gasteiger charge is 2.60. The first-order chi connectivity index (χ1) is 12.2. The van der Waals surface area contributed by atoms with Gasteiger partial charge in [0.1, 0.15) is 5.78 Å². The molecule has 4 rings (SSSR count). The fourth-order valence-electron chi connectivity index (χ4n) is 8.30. The van der Waals surface area contributed by atoms with Crippen LogP contribution in [0.3, 0.4) is 0 Å². The number of aliphatic hydroxyl groups is 1. The average Bonchev–Trinajstić information content (AvgIpc) is 2.60. The maximum absolute atomic E-state index is 12.6. The van der Waals surface area contributed by atoms with Crippen LogP contribution in [0.15, 0.2) is 0 Å². The van der Waals surface area contributed by atoms with Crippen molar-refractivity contribution in [2.45, 2.75) is 96.9 Å². The summed E-state index contributed by atoms with van der Waals surface area (Å²) >= 11 is 0. The molecule has 0 aliphatic heterocycles. The van der Waals surface area contributed by atoms with E-state index < -0.39 is 5.60 Å². The molecular formula is C23H37BO2. The number of carbonyl (C=O) groups is 1. The summed E-state index contributed by atoms with van der Waals surface area (Å²) in [6, 6.07) is 0. The van der Waals surface area contributed by atoms with E-state index in [1.54, 1.807) is 0 Å². The number of hydrogen-bond acceptors (Lipinski definition) is 2. The van der Waals surface area contributed by atoms with E-state index in [2.05, 4.69) is 13.8 Å². The molecule has 0 amide bonds. The Labute approximate surface area is 161 Å². The summed E-state index contributed by atoms with van der Waals surface area (Å²) in [4.78, 5) is 12.6. The summed E-state index contributed by atoms with van der Waals surface area (Å²) in [5.74, 6) is 3.47. The van der Waals surface area contributed by atoms with Crippen molar-refractivity contribution in [1.29, 1.82) is 0 Å². The molecule has 8 atom stereocenters. The molecule has 3 heteroatoms. The molecule has 0 heterocycles. The van der Waals surface area contributed by atoms with E-state index in [1.165, 1.54) is 44.9 Å². The van der Waals surface area contributed by atoms with Crippen molar-refractivity contribution in [2.24, 2.45) is 40.4 Å².